The third-order valence-electron chi connectivity index (χ3n) is 6.51. The van der Waals surface area contributed by atoms with Crippen molar-refractivity contribution < 1.29 is 23.5 Å². The zero-order valence-electron chi connectivity index (χ0n) is 19.1. The van der Waals surface area contributed by atoms with Crippen LogP contribution in [0.5, 0.6) is 0 Å². The smallest absolute Gasteiger partial charge is 0.329 e. The standard InChI is InChI=1S/C26H21F2N3O3S2/c1-26(24(33)34)7-6-15-10-16(23(32)29-19-3-4-20-22(12-19)36-25(35)30-20)2-5-21(15)31(26)13-14-8-17(27)11-18(28)9-14/h2-5,8-12H,6-7,13H2,1H3,(H,29,32)(H,30,35)(H,33,34). The van der Waals surface area contributed by atoms with Crippen LogP contribution in [0.1, 0.15) is 34.8 Å². The maximum absolute atomic E-state index is 13.8. The van der Waals surface area contributed by atoms with Crippen LogP contribution in [0.4, 0.5) is 20.2 Å². The molecular formula is C26H21F2N3O3S2. The number of carboxylic acids is 1. The van der Waals surface area contributed by atoms with Gasteiger partial charge in [0.1, 0.15) is 17.2 Å². The van der Waals surface area contributed by atoms with Crippen molar-refractivity contribution in [3.05, 3.63) is 86.9 Å². The fourth-order valence-electron chi connectivity index (χ4n) is 4.56. The first-order chi connectivity index (χ1) is 17.1. The maximum Gasteiger partial charge on any atom is 0.329 e. The molecule has 3 aromatic carbocycles. The van der Waals surface area contributed by atoms with Crippen LogP contribution in [0.3, 0.4) is 0 Å². The lowest BCUT2D eigenvalue weighted by molar-refractivity contribution is -0.143. The highest BCUT2D eigenvalue weighted by atomic mass is 32.1. The SMILES string of the molecule is CC1(C(=O)O)CCc2cc(C(=O)Nc3ccc4[nH]c(=S)sc4c3)ccc2N1Cc1cc(F)cc(F)c1. The summed E-state index contributed by atoms with van der Waals surface area (Å²) in [5, 5.41) is 12.9. The molecule has 5 rings (SSSR count). The number of fused-ring (bicyclic) bond motifs is 2. The van der Waals surface area contributed by atoms with Gasteiger partial charge >= 0.3 is 5.97 Å². The summed E-state index contributed by atoms with van der Waals surface area (Å²) in [4.78, 5) is 29.9. The highest BCUT2D eigenvalue weighted by Crippen LogP contribution is 2.39. The van der Waals surface area contributed by atoms with Gasteiger partial charge in [-0.3, -0.25) is 4.79 Å². The Morgan fingerprint density at radius 3 is 2.61 bits per heavy atom. The van der Waals surface area contributed by atoms with Gasteiger partial charge in [-0.2, -0.15) is 0 Å². The number of thiazole rings is 1. The normalized spacial score (nSPS) is 17.1. The van der Waals surface area contributed by atoms with E-state index in [1.807, 2.05) is 12.1 Å². The Morgan fingerprint density at radius 2 is 1.89 bits per heavy atom. The van der Waals surface area contributed by atoms with E-state index in [4.69, 9.17) is 12.2 Å². The molecule has 0 spiro atoms. The van der Waals surface area contributed by atoms with Gasteiger partial charge in [0.25, 0.3) is 5.91 Å². The third kappa shape index (κ3) is 4.49. The third-order valence-corrected chi connectivity index (χ3v) is 7.71. The number of aryl methyl sites for hydroxylation is 1. The first kappa shape index (κ1) is 24.1. The first-order valence-electron chi connectivity index (χ1n) is 11.2. The van der Waals surface area contributed by atoms with E-state index in [2.05, 4.69) is 10.3 Å². The van der Waals surface area contributed by atoms with Crippen molar-refractivity contribution in [1.29, 1.82) is 0 Å². The molecule has 1 aromatic heterocycles. The predicted molar refractivity (Wildman–Crippen MR) is 138 cm³/mol. The largest absolute Gasteiger partial charge is 0.480 e. The Balaban J connectivity index is 1.45. The molecule has 0 radical (unpaired) electrons. The number of carboxylic acid groups (broad SMARTS) is 1. The fraction of sp³-hybridized carbons (Fsp3) is 0.192. The topological polar surface area (TPSA) is 85.4 Å². The molecule has 1 atom stereocenters. The van der Waals surface area contributed by atoms with E-state index in [-0.39, 0.29) is 18.9 Å². The Morgan fingerprint density at radius 1 is 1.14 bits per heavy atom. The molecule has 1 unspecified atom stereocenters. The van der Waals surface area contributed by atoms with Gasteiger partial charge in [-0.15, -0.1) is 11.3 Å². The maximum atomic E-state index is 13.8. The van der Waals surface area contributed by atoms with Gasteiger partial charge in [0.15, 0.2) is 3.95 Å². The molecular weight excluding hydrogens is 504 g/mol. The number of rotatable bonds is 5. The van der Waals surface area contributed by atoms with Crippen molar-refractivity contribution in [3.8, 4) is 0 Å². The van der Waals surface area contributed by atoms with Gasteiger partial charge in [-0.05, 0) is 91.6 Å². The molecule has 0 fully saturated rings. The van der Waals surface area contributed by atoms with E-state index in [0.717, 1.165) is 21.8 Å². The van der Waals surface area contributed by atoms with Gasteiger partial charge in [0, 0.05) is 29.5 Å². The zero-order chi connectivity index (χ0) is 25.6. The molecule has 0 saturated heterocycles. The number of hydrogen-bond acceptors (Lipinski definition) is 5. The van der Waals surface area contributed by atoms with E-state index < -0.39 is 23.1 Å². The molecule has 2 heterocycles. The Kier molecular flexibility index (Phi) is 6.09. The van der Waals surface area contributed by atoms with E-state index in [9.17, 15) is 23.5 Å². The Labute approximate surface area is 214 Å². The number of anilines is 2. The monoisotopic (exact) mass is 525 g/mol. The van der Waals surface area contributed by atoms with E-state index in [1.54, 1.807) is 36.1 Å². The number of nitrogens with one attached hydrogen (secondary N) is 2. The number of hydrogen-bond donors (Lipinski definition) is 3. The molecule has 0 saturated carbocycles. The predicted octanol–water partition coefficient (Wildman–Crippen LogP) is 6.29. The van der Waals surface area contributed by atoms with Gasteiger partial charge in [-0.25, -0.2) is 13.6 Å². The van der Waals surface area contributed by atoms with Crippen LogP contribution in [0.25, 0.3) is 10.2 Å². The van der Waals surface area contributed by atoms with Gasteiger partial charge < -0.3 is 20.3 Å². The summed E-state index contributed by atoms with van der Waals surface area (Å²) in [6.07, 6.45) is 0.707. The molecule has 6 nitrogen and oxygen atoms in total. The average molecular weight is 526 g/mol. The summed E-state index contributed by atoms with van der Waals surface area (Å²) in [5.74, 6) is -2.79. The minimum Gasteiger partial charge on any atom is -0.480 e. The molecule has 0 bridgehead atoms. The van der Waals surface area contributed by atoms with Crippen LogP contribution in [0.15, 0.2) is 54.6 Å². The van der Waals surface area contributed by atoms with Crippen LogP contribution in [0.2, 0.25) is 0 Å². The van der Waals surface area contributed by atoms with Crippen molar-refractivity contribution in [2.75, 3.05) is 10.2 Å². The molecule has 1 aliphatic heterocycles. The van der Waals surface area contributed by atoms with Crippen LogP contribution in [-0.4, -0.2) is 27.5 Å². The van der Waals surface area contributed by atoms with Crippen molar-refractivity contribution >= 4 is 57.0 Å². The van der Waals surface area contributed by atoms with E-state index in [1.165, 1.54) is 23.5 Å². The molecule has 184 valence electrons. The fourth-order valence-corrected chi connectivity index (χ4v) is 5.72. The Bertz CT molecular complexity index is 1560. The highest BCUT2D eigenvalue weighted by Gasteiger charge is 2.43. The summed E-state index contributed by atoms with van der Waals surface area (Å²) in [6, 6.07) is 13.7. The molecule has 3 N–H and O–H groups in total. The second kappa shape index (κ2) is 9.11. The summed E-state index contributed by atoms with van der Waals surface area (Å²) in [6.45, 7) is 1.60. The second-order valence-corrected chi connectivity index (χ2v) is 10.7. The highest BCUT2D eigenvalue weighted by molar-refractivity contribution is 7.73. The number of aromatic amines is 1. The van der Waals surface area contributed by atoms with Crippen molar-refractivity contribution in [2.24, 2.45) is 0 Å². The van der Waals surface area contributed by atoms with Crippen LogP contribution >= 0.6 is 23.6 Å². The summed E-state index contributed by atoms with van der Waals surface area (Å²) < 4.78 is 29.2. The number of aromatic nitrogens is 1. The molecule has 1 amide bonds. The number of carbonyl (C=O) groups is 2. The van der Waals surface area contributed by atoms with E-state index in [0.29, 0.717) is 32.9 Å². The van der Waals surface area contributed by atoms with Crippen LogP contribution < -0.4 is 10.2 Å². The minimum atomic E-state index is -1.28. The summed E-state index contributed by atoms with van der Waals surface area (Å²) >= 11 is 6.59. The molecule has 36 heavy (non-hydrogen) atoms. The lowest BCUT2D eigenvalue weighted by Gasteiger charge is -2.44. The number of benzene rings is 3. The minimum absolute atomic E-state index is 0.00128. The van der Waals surface area contributed by atoms with Gasteiger partial charge in [0.2, 0.25) is 0 Å². The number of amides is 1. The lowest BCUT2D eigenvalue weighted by atomic mass is 9.84. The number of carbonyl (C=O) groups excluding carboxylic acids is 1. The number of halogens is 2. The quantitative estimate of drug-likeness (QED) is 0.267. The molecule has 1 aliphatic rings. The van der Waals surface area contributed by atoms with Crippen molar-refractivity contribution in [3.63, 3.8) is 0 Å². The lowest BCUT2D eigenvalue weighted by Crippen LogP contribution is -2.55. The van der Waals surface area contributed by atoms with Crippen molar-refractivity contribution in [2.45, 2.75) is 31.8 Å². The summed E-state index contributed by atoms with van der Waals surface area (Å²) in [5.41, 5.74) is 2.39. The molecule has 0 aliphatic carbocycles. The van der Waals surface area contributed by atoms with Gasteiger partial charge in [0.05, 0.1) is 10.2 Å². The molecule has 4 aromatic rings. The van der Waals surface area contributed by atoms with Crippen LogP contribution in [0, 0.1) is 15.6 Å². The van der Waals surface area contributed by atoms with Crippen LogP contribution in [-0.2, 0) is 17.8 Å². The second-order valence-electron chi connectivity index (χ2n) is 8.97. The first-order valence-corrected chi connectivity index (χ1v) is 12.4. The zero-order valence-corrected chi connectivity index (χ0v) is 20.7. The number of H-pyrrole nitrogens is 1. The Hall–Kier alpha value is -3.63. The number of nitrogens with zero attached hydrogens (tertiary/aromatic N) is 1. The van der Waals surface area contributed by atoms with Gasteiger partial charge in [-0.1, -0.05) is 0 Å². The number of aliphatic carboxylic acids is 1. The average Bonchev–Trinajstić information content (AvgIpc) is 3.19. The van der Waals surface area contributed by atoms with Crippen molar-refractivity contribution in [1.82, 2.24) is 4.98 Å². The molecule has 10 heteroatoms. The van der Waals surface area contributed by atoms with E-state index >= 15 is 0 Å². The summed E-state index contributed by atoms with van der Waals surface area (Å²) in [7, 11) is 0.